The molecule has 0 aliphatic heterocycles. The van der Waals surface area contributed by atoms with E-state index in [2.05, 4.69) is 30.0 Å². The van der Waals surface area contributed by atoms with E-state index in [9.17, 15) is 8.42 Å². The van der Waals surface area contributed by atoms with Crippen LogP contribution < -0.4 is 10.0 Å². The lowest BCUT2D eigenvalue weighted by Gasteiger charge is -2.05. The summed E-state index contributed by atoms with van der Waals surface area (Å²) < 4.78 is 24.1. The fraction of sp³-hybridized carbons (Fsp3) is 0.636. The third kappa shape index (κ3) is 6.16. The Morgan fingerprint density at radius 1 is 1.29 bits per heavy atom. The highest BCUT2D eigenvalue weighted by Crippen LogP contribution is 2.19. The van der Waals surface area contributed by atoms with Crippen molar-refractivity contribution in [3.05, 3.63) is 21.4 Å². The highest BCUT2D eigenvalue weighted by Gasteiger charge is 2.02. The van der Waals surface area contributed by atoms with Crippen LogP contribution in [0.3, 0.4) is 0 Å². The molecule has 0 unspecified atom stereocenters. The van der Waals surface area contributed by atoms with E-state index in [4.69, 9.17) is 0 Å². The zero-order valence-electron chi connectivity index (χ0n) is 10.5. The first-order valence-electron chi connectivity index (χ1n) is 5.60. The van der Waals surface area contributed by atoms with Crippen LogP contribution in [0.5, 0.6) is 0 Å². The van der Waals surface area contributed by atoms with Crippen LogP contribution in [0.4, 0.5) is 0 Å². The third-order valence-corrected chi connectivity index (χ3v) is 4.09. The second kappa shape index (κ2) is 6.49. The number of hydrogen-bond acceptors (Lipinski definition) is 4. The number of thiophene rings is 1. The summed E-state index contributed by atoms with van der Waals surface area (Å²) in [5.41, 5.74) is 1.34. The molecule has 17 heavy (non-hydrogen) atoms. The second-order valence-corrected chi connectivity index (χ2v) is 7.43. The molecule has 0 aromatic carbocycles. The van der Waals surface area contributed by atoms with Crippen molar-refractivity contribution in [3.63, 3.8) is 0 Å². The maximum absolute atomic E-state index is 10.8. The first kappa shape index (κ1) is 14.6. The van der Waals surface area contributed by atoms with Gasteiger partial charge in [0.05, 0.1) is 6.26 Å². The lowest BCUT2D eigenvalue weighted by Crippen LogP contribution is -2.26. The lowest BCUT2D eigenvalue weighted by atomic mass is 10.2. The number of sulfonamides is 1. The van der Waals surface area contributed by atoms with Crippen LogP contribution >= 0.6 is 11.3 Å². The van der Waals surface area contributed by atoms with Gasteiger partial charge in [-0.15, -0.1) is 11.3 Å². The molecule has 4 nitrogen and oxygen atoms in total. The molecule has 0 saturated carbocycles. The normalized spacial score (nSPS) is 11.9. The van der Waals surface area contributed by atoms with Gasteiger partial charge < -0.3 is 5.32 Å². The molecular formula is C11H20N2O2S2. The Morgan fingerprint density at radius 3 is 2.53 bits per heavy atom. The minimum atomic E-state index is -3.04. The number of nitrogens with one attached hydrogen (secondary N) is 2. The molecule has 0 saturated heterocycles. The minimum absolute atomic E-state index is 0.494. The Bertz CT molecular complexity index is 452. The SMILES string of the molecule is Cc1cc(CNCCCNS(C)(=O)=O)c(C)s1. The summed E-state index contributed by atoms with van der Waals surface area (Å²) in [5.74, 6) is 0. The molecule has 0 aliphatic carbocycles. The molecule has 6 heteroatoms. The molecule has 0 aliphatic rings. The molecule has 2 N–H and O–H groups in total. The summed E-state index contributed by atoms with van der Waals surface area (Å²) in [6.45, 7) is 6.40. The van der Waals surface area contributed by atoms with Gasteiger partial charge in [0.2, 0.25) is 10.0 Å². The number of rotatable bonds is 7. The monoisotopic (exact) mass is 276 g/mol. The van der Waals surface area contributed by atoms with Crippen molar-refractivity contribution >= 4 is 21.4 Å². The summed E-state index contributed by atoms with van der Waals surface area (Å²) in [7, 11) is -3.04. The fourth-order valence-electron chi connectivity index (χ4n) is 1.55. The molecular weight excluding hydrogens is 256 g/mol. The van der Waals surface area contributed by atoms with Crippen LogP contribution in [-0.4, -0.2) is 27.8 Å². The van der Waals surface area contributed by atoms with E-state index in [1.165, 1.54) is 21.6 Å². The molecule has 0 spiro atoms. The molecule has 0 radical (unpaired) electrons. The van der Waals surface area contributed by atoms with E-state index in [0.29, 0.717) is 6.54 Å². The van der Waals surface area contributed by atoms with E-state index in [-0.39, 0.29) is 0 Å². The fourth-order valence-corrected chi connectivity index (χ4v) is 3.01. The van der Waals surface area contributed by atoms with E-state index in [0.717, 1.165) is 19.5 Å². The molecule has 0 fully saturated rings. The lowest BCUT2D eigenvalue weighted by molar-refractivity contribution is 0.579. The average Bonchev–Trinajstić information content (AvgIpc) is 2.49. The maximum Gasteiger partial charge on any atom is 0.208 e. The van der Waals surface area contributed by atoms with Crippen molar-refractivity contribution in [2.45, 2.75) is 26.8 Å². The van der Waals surface area contributed by atoms with E-state index < -0.39 is 10.0 Å². The zero-order chi connectivity index (χ0) is 12.9. The van der Waals surface area contributed by atoms with Crippen LogP contribution in [0.1, 0.15) is 21.7 Å². The van der Waals surface area contributed by atoms with Crippen LogP contribution in [0.2, 0.25) is 0 Å². The molecule has 0 bridgehead atoms. The molecule has 1 rings (SSSR count). The van der Waals surface area contributed by atoms with Crippen molar-refractivity contribution in [2.75, 3.05) is 19.3 Å². The average molecular weight is 276 g/mol. The van der Waals surface area contributed by atoms with Gasteiger partial charge in [0.25, 0.3) is 0 Å². The van der Waals surface area contributed by atoms with Crippen molar-refractivity contribution in [1.82, 2.24) is 10.0 Å². The molecule has 98 valence electrons. The topological polar surface area (TPSA) is 58.2 Å². The van der Waals surface area contributed by atoms with Crippen molar-refractivity contribution in [1.29, 1.82) is 0 Å². The Morgan fingerprint density at radius 2 is 2.00 bits per heavy atom. The summed E-state index contributed by atoms with van der Waals surface area (Å²) >= 11 is 1.81. The molecule has 0 amide bonds. The van der Waals surface area contributed by atoms with Crippen LogP contribution in [0, 0.1) is 13.8 Å². The molecule has 1 aromatic heterocycles. The molecule has 1 aromatic rings. The van der Waals surface area contributed by atoms with E-state index in [1.807, 2.05) is 11.3 Å². The quantitative estimate of drug-likeness (QED) is 0.740. The van der Waals surface area contributed by atoms with Crippen LogP contribution in [0.25, 0.3) is 0 Å². The van der Waals surface area contributed by atoms with Crippen molar-refractivity contribution < 1.29 is 8.42 Å². The highest BCUT2D eigenvalue weighted by atomic mass is 32.2. The van der Waals surface area contributed by atoms with Crippen molar-refractivity contribution in [2.24, 2.45) is 0 Å². The van der Waals surface area contributed by atoms with E-state index in [1.54, 1.807) is 0 Å². The van der Waals surface area contributed by atoms with Gasteiger partial charge in [-0.25, -0.2) is 13.1 Å². The van der Waals surface area contributed by atoms with Gasteiger partial charge in [-0.3, -0.25) is 0 Å². The van der Waals surface area contributed by atoms with Gasteiger partial charge in [-0.2, -0.15) is 0 Å². The van der Waals surface area contributed by atoms with Crippen molar-refractivity contribution in [3.8, 4) is 0 Å². The molecule has 1 heterocycles. The van der Waals surface area contributed by atoms with Gasteiger partial charge in [0, 0.05) is 22.8 Å². The Balaban J connectivity index is 2.15. The summed E-state index contributed by atoms with van der Waals surface area (Å²) in [6.07, 6.45) is 1.98. The van der Waals surface area contributed by atoms with E-state index >= 15 is 0 Å². The van der Waals surface area contributed by atoms with Gasteiger partial charge >= 0.3 is 0 Å². The van der Waals surface area contributed by atoms with Gasteiger partial charge in [0.15, 0.2) is 0 Å². The Hall–Kier alpha value is -0.430. The predicted octanol–water partition coefficient (Wildman–Crippen LogP) is 1.39. The standard InChI is InChI=1S/C11H20N2O2S2/c1-9-7-11(10(2)16-9)8-12-5-4-6-13-17(3,14)15/h7,12-13H,4-6,8H2,1-3H3. The van der Waals surface area contributed by atoms with Gasteiger partial charge in [-0.05, 0) is 38.4 Å². The first-order valence-corrected chi connectivity index (χ1v) is 8.30. The maximum atomic E-state index is 10.8. The van der Waals surface area contributed by atoms with Crippen LogP contribution in [-0.2, 0) is 16.6 Å². The second-order valence-electron chi connectivity index (χ2n) is 4.14. The smallest absolute Gasteiger partial charge is 0.208 e. The summed E-state index contributed by atoms with van der Waals surface area (Å²) in [6, 6.07) is 2.20. The highest BCUT2D eigenvalue weighted by molar-refractivity contribution is 7.88. The summed E-state index contributed by atoms with van der Waals surface area (Å²) in [4.78, 5) is 2.68. The molecule has 0 atom stereocenters. The third-order valence-electron chi connectivity index (χ3n) is 2.35. The Kier molecular flexibility index (Phi) is 5.58. The minimum Gasteiger partial charge on any atom is -0.313 e. The van der Waals surface area contributed by atoms with Gasteiger partial charge in [-0.1, -0.05) is 0 Å². The summed E-state index contributed by atoms with van der Waals surface area (Å²) in [5, 5.41) is 3.31. The number of hydrogen-bond donors (Lipinski definition) is 2. The first-order chi connectivity index (χ1) is 7.88. The largest absolute Gasteiger partial charge is 0.313 e. The van der Waals surface area contributed by atoms with Gasteiger partial charge in [0.1, 0.15) is 0 Å². The van der Waals surface area contributed by atoms with Crippen LogP contribution in [0.15, 0.2) is 6.07 Å². The zero-order valence-corrected chi connectivity index (χ0v) is 12.2. The Labute approximate surface area is 107 Å². The number of aryl methyl sites for hydroxylation is 2. The predicted molar refractivity (Wildman–Crippen MR) is 73.0 cm³/mol.